The van der Waals surface area contributed by atoms with Crippen LogP contribution < -0.4 is 11.1 Å². The summed E-state index contributed by atoms with van der Waals surface area (Å²) >= 11 is 0. The number of hydrogen-bond donors (Lipinski definition) is 4. The summed E-state index contributed by atoms with van der Waals surface area (Å²) in [7, 11) is 0. The SMILES string of the molecule is CCOC1N=C(N)Nc2c1ncn2[C@@H]1O[C@H](CO)[C@@H](O)C1(C)F. The molecule has 0 saturated carbocycles. The number of rotatable bonds is 4. The Morgan fingerprint density at radius 2 is 2.35 bits per heavy atom. The van der Waals surface area contributed by atoms with Crippen molar-refractivity contribution in [2.45, 2.75) is 44.2 Å². The monoisotopic (exact) mass is 329 g/mol. The van der Waals surface area contributed by atoms with Crippen molar-refractivity contribution in [3.8, 4) is 0 Å². The Morgan fingerprint density at radius 3 is 2.96 bits per heavy atom. The molecule has 2 aliphatic rings. The zero-order chi connectivity index (χ0) is 16.8. The summed E-state index contributed by atoms with van der Waals surface area (Å²) in [4.78, 5) is 8.30. The fraction of sp³-hybridized carbons (Fsp3) is 0.692. The highest BCUT2D eigenvalue weighted by Gasteiger charge is 2.55. The van der Waals surface area contributed by atoms with Gasteiger partial charge in [0.25, 0.3) is 0 Å². The molecular formula is C13H20FN5O4. The molecule has 2 aliphatic heterocycles. The zero-order valence-electron chi connectivity index (χ0n) is 12.8. The molecule has 9 nitrogen and oxygen atoms in total. The number of fused-ring (bicyclic) bond motifs is 1. The number of nitrogens with zero attached hydrogens (tertiary/aromatic N) is 3. The molecule has 1 fully saturated rings. The molecule has 5 N–H and O–H groups in total. The van der Waals surface area contributed by atoms with Gasteiger partial charge in [-0.1, -0.05) is 0 Å². The molecule has 128 valence electrons. The van der Waals surface area contributed by atoms with Gasteiger partial charge in [-0.3, -0.25) is 4.57 Å². The van der Waals surface area contributed by atoms with Gasteiger partial charge in [0, 0.05) is 6.61 Å². The van der Waals surface area contributed by atoms with Gasteiger partial charge in [-0.05, 0) is 13.8 Å². The molecule has 23 heavy (non-hydrogen) atoms. The Kier molecular flexibility index (Phi) is 4.00. The summed E-state index contributed by atoms with van der Waals surface area (Å²) in [6, 6.07) is 0. The fourth-order valence-corrected chi connectivity index (χ4v) is 2.84. The molecule has 0 bridgehead atoms. The van der Waals surface area contributed by atoms with Gasteiger partial charge in [0.1, 0.15) is 23.7 Å². The van der Waals surface area contributed by atoms with Crippen LogP contribution in [0.5, 0.6) is 0 Å². The molecule has 2 unspecified atom stereocenters. The zero-order valence-corrected chi connectivity index (χ0v) is 12.8. The van der Waals surface area contributed by atoms with Gasteiger partial charge in [0.05, 0.1) is 12.9 Å². The minimum Gasteiger partial charge on any atom is -0.394 e. The quantitative estimate of drug-likeness (QED) is 0.594. The molecule has 1 saturated heterocycles. The van der Waals surface area contributed by atoms with Gasteiger partial charge in [-0.2, -0.15) is 0 Å². The lowest BCUT2D eigenvalue weighted by atomic mass is 9.98. The number of aliphatic hydroxyl groups excluding tert-OH is 2. The molecule has 0 amide bonds. The number of aliphatic imine (C=N–C) groups is 1. The maximum absolute atomic E-state index is 14.9. The molecule has 0 spiro atoms. The van der Waals surface area contributed by atoms with E-state index in [-0.39, 0.29) is 5.96 Å². The Labute approximate surface area is 131 Å². The van der Waals surface area contributed by atoms with Crippen molar-refractivity contribution in [3.63, 3.8) is 0 Å². The van der Waals surface area contributed by atoms with E-state index in [1.807, 2.05) is 6.92 Å². The lowest BCUT2D eigenvalue weighted by Crippen LogP contribution is -2.41. The van der Waals surface area contributed by atoms with Gasteiger partial charge in [-0.15, -0.1) is 0 Å². The van der Waals surface area contributed by atoms with Crippen LogP contribution in [0, 0.1) is 0 Å². The van der Waals surface area contributed by atoms with Crippen LogP contribution in [-0.4, -0.2) is 56.8 Å². The lowest BCUT2D eigenvalue weighted by Gasteiger charge is -2.27. The smallest absolute Gasteiger partial charge is 0.198 e. The first-order valence-electron chi connectivity index (χ1n) is 7.32. The maximum atomic E-state index is 14.9. The molecule has 0 aliphatic carbocycles. The molecule has 5 atom stereocenters. The van der Waals surface area contributed by atoms with Crippen LogP contribution in [0.1, 0.15) is 32.0 Å². The van der Waals surface area contributed by atoms with E-state index in [4.69, 9.17) is 15.2 Å². The van der Waals surface area contributed by atoms with Crippen molar-refractivity contribution in [1.82, 2.24) is 9.55 Å². The first-order valence-corrected chi connectivity index (χ1v) is 7.32. The number of ether oxygens (including phenoxy) is 2. The van der Waals surface area contributed by atoms with Crippen LogP contribution in [0.25, 0.3) is 0 Å². The summed E-state index contributed by atoms with van der Waals surface area (Å²) in [5.74, 6) is 0.492. The van der Waals surface area contributed by atoms with Gasteiger partial charge >= 0.3 is 0 Å². The molecule has 0 aromatic carbocycles. The minimum atomic E-state index is -2.12. The number of imidazole rings is 1. The van der Waals surface area contributed by atoms with E-state index in [1.165, 1.54) is 17.8 Å². The van der Waals surface area contributed by atoms with Crippen molar-refractivity contribution < 1.29 is 24.1 Å². The predicted octanol–water partition coefficient (Wildman–Crippen LogP) is -0.363. The average molecular weight is 329 g/mol. The van der Waals surface area contributed by atoms with Crippen molar-refractivity contribution in [2.24, 2.45) is 10.7 Å². The third-order valence-corrected chi connectivity index (χ3v) is 4.03. The molecular weight excluding hydrogens is 309 g/mol. The number of aromatic nitrogens is 2. The van der Waals surface area contributed by atoms with Crippen LogP contribution in [0.15, 0.2) is 11.3 Å². The maximum Gasteiger partial charge on any atom is 0.198 e. The molecule has 10 heteroatoms. The van der Waals surface area contributed by atoms with Crippen molar-refractivity contribution in [3.05, 3.63) is 12.0 Å². The van der Waals surface area contributed by atoms with Crippen molar-refractivity contribution >= 4 is 11.8 Å². The summed E-state index contributed by atoms with van der Waals surface area (Å²) in [6.07, 6.45) is -2.99. The normalized spacial score (nSPS) is 36.5. The summed E-state index contributed by atoms with van der Waals surface area (Å²) < 4.78 is 27.2. The largest absolute Gasteiger partial charge is 0.394 e. The molecule has 0 radical (unpaired) electrons. The third kappa shape index (κ3) is 2.47. The standard InChI is InChI=1S/C13H20FN5O4/c1-3-22-10-7-9(17-12(15)18-10)19(5-16-7)11-13(2,14)8(21)6(4-20)23-11/h5-6,8,10-11,20-21H,3-4H2,1-2H3,(H3,15,17,18)/t6-,8-,10?,11-,13?/m1/s1. The Hall–Kier alpha value is -1.75. The van der Waals surface area contributed by atoms with E-state index in [2.05, 4.69) is 15.3 Å². The summed E-state index contributed by atoms with van der Waals surface area (Å²) in [6.45, 7) is 2.93. The highest BCUT2D eigenvalue weighted by atomic mass is 19.1. The van der Waals surface area contributed by atoms with Crippen LogP contribution >= 0.6 is 0 Å². The number of hydrogen-bond acceptors (Lipinski definition) is 8. The number of aliphatic hydroxyl groups is 2. The van der Waals surface area contributed by atoms with E-state index >= 15 is 0 Å². The fourth-order valence-electron chi connectivity index (χ4n) is 2.84. The Balaban J connectivity index is 1.98. The number of alkyl halides is 1. The Morgan fingerprint density at radius 1 is 1.61 bits per heavy atom. The average Bonchev–Trinajstić information content (AvgIpc) is 3.00. The lowest BCUT2D eigenvalue weighted by molar-refractivity contribution is -0.0576. The van der Waals surface area contributed by atoms with E-state index in [0.717, 1.165) is 0 Å². The topological polar surface area (TPSA) is 127 Å². The first-order chi connectivity index (χ1) is 10.9. The highest BCUT2D eigenvalue weighted by Crippen LogP contribution is 2.44. The second-order valence-corrected chi connectivity index (χ2v) is 5.64. The van der Waals surface area contributed by atoms with Crippen molar-refractivity contribution in [1.29, 1.82) is 0 Å². The second kappa shape index (κ2) is 5.71. The minimum absolute atomic E-state index is 0.107. The van der Waals surface area contributed by atoms with Crippen LogP contribution in [0.4, 0.5) is 10.2 Å². The van der Waals surface area contributed by atoms with Crippen LogP contribution in [-0.2, 0) is 9.47 Å². The molecule has 3 heterocycles. The van der Waals surface area contributed by atoms with Crippen LogP contribution in [0.3, 0.4) is 0 Å². The number of halogens is 1. The molecule has 1 aromatic rings. The molecule has 1 aromatic heterocycles. The summed E-state index contributed by atoms with van der Waals surface area (Å²) in [5, 5.41) is 22.0. The third-order valence-electron chi connectivity index (χ3n) is 4.03. The van der Waals surface area contributed by atoms with E-state index < -0.39 is 36.9 Å². The van der Waals surface area contributed by atoms with E-state index in [1.54, 1.807) is 0 Å². The van der Waals surface area contributed by atoms with E-state index in [9.17, 15) is 14.6 Å². The number of nitrogens with two attached hydrogens (primary N) is 1. The highest BCUT2D eigenvalue weighted by molar-refractivity contribution is 5.93. The number of guanidine groups is 1. The molecule has 3 rings (SSSR count). The van der Waals surface area contributed by atoms with E-state index in [0.29, 0.717) is 18.1 Å². The number of anilines is 1. The predicted molar refractivity (Wildman–Crippen MR) is 78.4 cm³/mol. The second-order valence-electron chi connectivity index (χ2n) is 5.64. The van der Waals surface area contributed by atoms with Gasteiger partial charge in [0.2, 0.25) is 0 Å². The first kappa shape index (κ1) is 16.1. The Bertz CT molecular complexity index is 620. The van der Waals surface area contributed by atoms with Gasteiger partial charge in [0.15, 0.2) is 24.1 Å². The van der Waals surface area contributed by atoms with Gasteiger partial charge < -0.3 is 30.7 Å². The van der Waals surface area contributed by atoms with Crippen molar-refractivity contribution in [2.75, 3.05) is 18.5 Å². The van der Waals surface area contributed by atoms with Crippen LogP contribution in [0.2, 0.25) is 0 Å². The summed E-state index contributed by atoms with van der Waals surface area (Å²) in [5.41, 5.74) is 4.07. The van der Waals surface area contributed by atoms with Gasteiger partial charge in [-0.25, -0.2) is 14.4 Å². The number of nitrogens with one attached hydrogen (secondary N) is 1.